The molecule has 0 saturated heterocycles. The molecular weight excluding hydrogens is 298 g/mol. The molecule has 114 valence electrons. The fourth-order valence-corrected chi connectivity index (χ4v) is 3.59. The number of aliphatic imine (C=N–C) groups is 1. The predicted octanol–water partition coefficient (Wildman–Crippen LogP) is 3.98. The molecule has 0 radical (unpaired) electrons. The number of rotatable bonds is 6. The molecule has 0 spiro atoms. The van der Waals surface area contributed by atoms with Crippen LogP contribution in [0.4, 0.5) is 0 Å². The smallest absolute Gasteiger partial charge is 0.191 e. The molecule has 5 heteroatoms. The Bertz CT molecular complexity index is 558. The van der Waals surface area contributed by atoms with Crippen molar-refractivity contribution in [3.05, 3.63) is 44.3 Å². The van der Waals surface area contributed by atoms with Crippen molar-refractivity contribution < 1.29 is 0 Å². The number of nitrogens with zero attached hydrogens (tertiary/aromatic N) is 1. The average molecular weight is 322 g/mol. The Balaban J connectivity index is 1.90. The van der Waals surface area contributed by atoms with E-state index in [2.05, 4.69) is 64.7 Å². The minimum absolute atomic E-state index is 0.489. The van der Waals surface area contributed by atoms with Gasteiger partial charge in [0.05, 0.1) is 6.54 Å². The number of guanidine groups is 1. The third kappa shape index (κ3) is 4.86. The number of hydrogen-bond donors (Lipinski definition) is 2. The molecule has 0 bridgehead atoms. The summed E-state index contributed by atoms with van der Waals surface area (Å²) in [6.45, 7) is 8.98. The summed E-state index contributed by atoms with van der Waals surface area (Å²) in [4.78, 5) is 6.01. The van der Waals surface area contributed by atoms with Crippen molar-refractivity contribution >= 4 is 28.6 Å². The number of hydrogen-bond acceptors (Lipinski definition) is 3. The highest BCUT2D eigenvalue weighted by atomic mass is 32.1. The van der Waals surface area contributed by atoms with Gasteiger partial charge in [-0.3, -0.25) is 0 Å². The van der Waals surface area contributed by atoms with Crippen molar-refractivity contribution in [1.82, 2.24) is 10.6 Å². The van der Waals surface area contributed by atoms with E-state index in [9.17, 15) is 0 Å². The molecule has 0 saturated carbocycles. The average Bonchev–Trinajstić information content (AvgIpc) is 3.13. The van der Waals surface area contributed by atoms with Gasteiger partial charge in [-0.25, -0.2) is 4.99 Å². The summed E-state index contributed by atoms with van der Waals surface area (Å²) in [5.74, 6) is 1.39. The Kier molecular flexibility index (Phi) is 6.26. The minimum Gasteiger partial charge on any atom is -0.357 e. The van der Waals surface area contributed by atoms with Gasteiger partial charge in [0.1, 0.15) is 0 Å². The molecule has 2 N–H and O–H groups in total. The van der Waals surface area contributed by atoms with E-state index in [1.807, 2.05) is 0 Å². The summed E-state index contributed by atoms with van der Waals surface area (Å²) in [6.07, 6.45) is 0. The molecule has 0 aromatic carbocycles. The van der Waals surface area contributed by atoms with Gasteiger partial charge in [-0.2, -0.15) is 11.3 Å². The molecule has 0 amide bonds. The monoisotopic (exact) mass is 321 g/mol. The molecule has 21 heavy (non-hydrogen) atoms. The molecule has 0 aliphatic heterocycles. The lowest BCUT2D eigenvalue weighted by Gasteiger charge is -2.15. The van der Waals surface area contributed by atoms with Crippen molar-refractivity contribution in [3.8, 4) is 0 Å². The molecule has 1 atom stereocenters. The van der Waals surface area contributed by atoms with E-state index in [0.29, 0.717) is 5.92 Å². The maximum absolute atomic E-state index is 4.68. The zero-order valence-corrected chi connectivity index (χ0v) is 14.5. The SMILES string of the molecule is CCNC(=NCc1sccc1C)NCC(C)c1ccsc1. The van der Waals surface area contributed by atoms with E-state index < -0.39 is 0 Å². The second kappa shape index (κ2) is 8.20. The van der Waals surface area contributed by atoms with E-state index in [1.54, 1.807) is 22.7 Å². The van der Waals surface area contributed by atoms with E-state index in [1.165, 1.54) is 16.0 Å². The van der Waals surface area contributed by atoms with Crippen molar-refractivity contribution in [2.75, 3.05) is 13.1 Å². The molecule has 0 fully saturated rings. The van der Waals surface area contributed by atoms with Crippen LogP contribution in [0, 0.1) is 6.92 Å². The van der Waals surface area contributed by atoms with Crippen molar-refractivity contribution in [2.24, 2.45) is 4.99 Å². The van der Waals surface area contributed by atoms with Gasteiger partial charge in [0.25, 0.3) is 0 Å². The second-order valence-electron chi connectivity index (χ2n) is 5.06. The molecule has 0 aliphatic carbocycles. The Morgan fingerprint density at radius 2 is 2.14 bits per heavy atom. The molecule has 2 aromatic rings. The van der Waals surface area contributed by atoms with E-state index in [4.69, 9.17) is 0 Å². The van der Waals surface area contributed by atoms with Gasteiger partial charge < -0.3 is 10.6 Å². The molecule has 2 heterocycles. The Hall–Kier alpha value is -1.33. The summed E-state index contributed by atoms with van der Waals surface area (Å²) in [5, 5.41) is 13.2. The first-order valence-electron chi connectivity index (χ1n) is 7.28. The molecule has 0 aliphatic rings. The van der Waals surface area contributed by atoms with Crippen molar-refractivity contribution in [1.29, 1.82) is 0 Å². The molecule has 2 rings (SSSR count). The number of thiophene rings is 2. The third-order valence-corrected chi connectivity index (χ3v) is 5.09. The Morgan fingerprint density at radius 3 is 2.76 bits per heavy atom. The van der Waals surface area contributed by atoms with Crippen LogP contribution in [0.1, 0.15) is 35.8 Å². The van der Waals surface area contributed by atoms with E-state index in [0.717, 1.165) is 25.6 Å². The Labute approximate surface area is 135 Å². The normalized spacial score (nSPS) is 13.2. The van der Waals surface area contributed by atoms with Gasteiger partial charge in [-0.15, -0.1) is 11.3 Å². The standard InChI is InChI=1S/C16H23N3S2/c1-4-17-16(19-10-15-12(2)5-8-21-15)18-9-13(3)14-6-7-20-11-14/h5-8,11,13H,4,9-10H2,1-3H3,(H2,17,18,19). The largest absolute Gasteiger partial charge is 0.357 e. The fourth-order valence-electron chi connectivity index (χ4n) is 1.98. The zero-order valence-electron chi connectivity index (χ0n) is 12.8. The van der Waals surface area contributed by atoms with Crippen LogP contribution < -0.4 is 10.6 Å². The summed E-state index contributed by atoms with van der Waals surface area (Å²) < 4.78 is 0. The first kappa shape index (κ1) is 16.0. The van der Waals surface area contributed by atoms with Crippen LogP contribution in [0.3, 0.4) is 0 Å². The molecule has 3 nitrogen and oxygen atoms in total. The summed E-state index contributed by atoms with van der Waals surface area (Å²) in [7, 11) is 0. The summed E-state index contributed by atoms with van der Waals surface area (Å²) >= 11 is 3.52. The molecule has 2 aromatic heterocycles. The van der Waals surface area contributed by atoms with Crippen molar-refractivity contribution in [3.63, 3.8) is 0 Å². The van der Waals surface area contributed by atoms with E-state index >= 15 is 0 Å². The van der Waals surface area contributed by atoms with Gasteiger partial charge in [-0.1, -0.05) is 6.92 Å². The van der Waals surface area contributed by atoms with Gasteiger partial charge in [0, 0.05) is 18.0 Å². The molecule has 1 unspecified atom stereocenters. The van der Waals surface area contributed by atoms with E-state index in [-0.39, 0.29) is 0 Å². The zero-order chi connectivity index (χ0) is 15.1. The summed E-state index contributed by atoms with van der Waals surface area (Å²) in [5.41, 5.74) is 2.71. The Morgan fingerprint density at radius 1 is 1.29 bits per heavy atom. The highest BCUT2D eigenvalue weighted by Gasteiger charge is 2.07. The van der Waals surface area contributed by atoms with Crippen LogP contribution in [0.25, 0.3) is 0 Å². The van der Waals surface area contributed by atoms with Crippen LogP contribution in [-0.4, -0.2) is 19.0 Å². The van der Waals surface area contributed by atoms with Gasteiger partial charge >= 0.3 is 0 Å². The van der Waals surface area contributed by atoms with Crippen LogP contribution in [0.5, 0.6) is 0 Å². The number of nitrogens with one attached hydrogen (secondary N) is 2. The first-order valence-corrected chi connectivity index (χ1v) is 9.10. The lowest BCUT2D eigenvalue weighted by atomic mass is 10.1. The predicted molar refractivity (Wildman–Crippen MR) is 94.6 cm³/mol. The lowest BCUT2D eigenvalue weighted by Crippen LogP contribution is -2.39. The maximum Gasteiger partial charge on any atom is 0.191 e. The van der Waals surface area contributed by atoms with Crippen LogP contribution in [-0.2, 0) is 6.54 Å². The van der Waals surface area contributed by atoms with Crippen LogP contribution in [0.2, 0.25) is 0 Å². The highest BCUT2D eigenvalue weighted by molar-refractivity contribution is 7.10. The maximum atomic E-state index is 4.68. The highest BCUT2D eigenvalue weighted by Crippen LogP contribution is 2.17. The quantitative estimate of drug-likeness (QED) is 0.624. The second-order valence-corrected chi connectivity index (χ2v) is 6.84. The minimum atomic E-state index is 0.489. The van der Waals surface area contributed by atoms with Crippen LogP contribution in [0.15, 0.2) is 33.3 Å². The van der Waals surface area contributed by atoms with Crippen molar-refractivity contribution in [2.45, 2.75) is 33.2 Å². The van der Waals surface area contributed by atoms with Gasteiger partial charge in [0.15, 0.2) is 5.96 Å². The topological polar surface area (TPSA) is 36.4 Å². The fraction of sp³-hybridized carbons (Fsp3) is 0.438. The first-order chi connectivity index (χ1) is 10.2. The molecular formula is C16H23N3S2. The van der Waals surface area contributed by atoms with Gasteiger partial charge in [-0.05, 0) is 59.2 Å². The summed E-state index contributed by atoms with van der Waals surface area (Å²) in [6, 6.07) is 4.34. The number of aryl methyl sites for hydroxylation is 1. The third-order valence-electron chi connectivity index (χ3n) is 3.38. The van der Waals surface area contributed by atoms with Gasteiger partial charge in [0.2, 0.25) is 0 Å². The van der Waals surface area contributed by atoms with Crippen LogP contribution >= 0.6 is 22.7 Å². The lowest BCUT2D eigenvalue weighted by molar-refractivity contribution is 0.702.